The Morgan fingerprint density at radius 3 is 1.52 bits per heavy atom. The predicted molar refractivity (Wildman–Crippen MR) is 109 cm³/mol. The molecule has 2 aromatic carbocycles. The summed E-state index contributed by atoms with van der Waals surface area (Å²) in [6, 6.07) is 7.48. The van der Waals surface area contributed by atoms with Crippen LogP contribution in [0.3, 0.4) is 0 Å². The van der Waals surface area contributed by atoms with Crippen LogP contribution in [0.4, 0.5) is 0 Å². The van der Waals surface area contributed by atoms with Crippen LogP contribution < -0.4 is 0 Å². The molecule has 0 saturated carbocycles. The molecule has 0 heterocycles. The van der Waals surface area contributed by atoms with Gasteiger partial charge in [-0.25, -0.2) is 0 Å². The molecule has 2 rings (SSSR count). The van der Waals surface area contributed by atoms with Gasteiger partial charge < -0.3 is 4.52 Å². The van der Waals surface area contributed by atoms with E-state index in [2.05, 4.69) is 0 Å². The maximum atomic E-state index is 13.5. The molecular formula is C22H27O4P. The summed E-state index contributed by atoms with van der Waals surface area (Å²) in [6.45, 7) is 11.1. The van der Waals surface area contributed by atoms with Gasteiger partial charge in [0.05, 0.1) is 0 Å². The highest BCUT2D eigenvalue weighted by Crippen LogP contribution is 2.53. The third kappa shape index (κ3) is 3.83. The summed E-state index contributed by atoms with van der Waals surface area (Å²) in [5.74, 6) is 0. The molecule has 0 aliphatic rings. The molecule has 1 unspecified atom stereocenters. The quantitative estimate of drug-likeness (QED) is 0.598. The van der Waals surface area contributed by atoms with E-state index < -0.39 is 18.4 Å². The first-order valence-corrected chi connectivity index (χ1v) is 10.6. The van der Waals surface area contributed by atoms with Gasteiger partial charge in [0.1, 0.15) is 0 Å². The zero-order valence-corrected chi connectivity index (χ0v) is 18.0. The summed E-state index contributed by atoms with van der Waals surface area (Å²) in [5.41, 5.74) is 4.05. The second-order valence-corrected chi connectivity index (χ2v) is 9.36. The standard InChI is InChI=1S/C22H27O4P/c1-8-18-11-16(5)20(17(6)12-18)22(24)27(25,26-7)21(23)19-14(3)9-13(2)10-15(19)4/h9-12H,8H2,1-7H3. The Kier molecular flexibility index (Phi) is 6.24. The molecule has 0 N–H and O–H groups in total. The van der Waals surface area contributed by atoms with Crippen LogP contribution in [0.5, 0.6) is 0 Å². The van der Waals surface area contributed by atoms with Crippen molar-refractivity contribution in [1.29, 1.82) is 0 Å². The van der Waals surface area contributed by atoms with Crippen LogP contribution in [0.1, 0.15) is 61.0 Å². The first-order valence-electron chi connectivity index (χ1n) is 9.00. The highest BCUT2D eigenvalue weighted by atomic mass is 31.2. The van der Waals surface area contributed by atoms with Crippen molar-refractivity contribution in [2.75, 3.05) is 7.11 Å². The lowest BCUT2D eigenvalue weighted by molar-refractivity contribution is 0.100. The van der Waals surface area contributed by atoms with Gasteiger partial charge in [-0.3, -0.25) is 14.2 Å². The second kappa shape index (κ2) is 7.92. The third-order valence-corrected chi connectivity index (χ3v) is 6.93. The molecule has 144 valence electrons. The Hall–Kier alpha value is -2.03. The fourth-order valence-corrected chi connectivity index (χ4v) is 5.47. The van der Waals surface area contributed by atoms with Crippen LogP contribution >= 0.6 is 7.37 Å². The Balaban J connectivity index is 2.63. The van der Waals surface area contributed by atoms with E-state index in [-0.39, 0.29) is 0 Å². The van der Waals surface area contributed by atoms with E-state index in [1.54, 1.807) is 27.7 Å². The topological polar surface area (TPSA) is 60.4 Å². The molecule has 0 amide bonds. The average Bonchev–Trinajstić information content (AvgIpc) is 2.58. The summed E-state index contributed by atoms with van der Waals surface area (Å²) in [4.78, 5) is 26.4. The maximum absolute atomic E-state index is 13.5. The van der Waals surface area contributed by atoms with E-state index in [9.17, 15) is 14.2 Å². The van der Waals surface area contributed by atoms with Gasteiger partial charge in [0.25, 0.3) is 11.0 Å². The molecule has 0 saturated heterocycles. The summed E-state index contributed by atoms with van der Waals surface area (Å²) in [5, 5.41) is 0. The zero-order chi connectivity index (χ0) is 20.5. The summed E-state index contributed by atoms with van der Waals surface area (Å²) < 4.78 is 18.6. The van der Waals surface area contributed by atoms with Crippen LogP contribution in [0.15, 0.2) is 24.3 Å². The normalized spacial score (nSPS) is 13.3. The first kappa shape index (κ1) is 21.3. The van der Waals surface area contributed by atoms with E-state index in [0.29, 0.717) is 33.4 Å². The molecule has 0 aliphatic carbocycles. The van der Waals surface area contributed by atoms with Crippen molar-refractivity contribution < 1.29 is 18.7 Å². The van der Waals surface area contributed by atoms with E-state index in [0.717, 1.165) is 17.5 Å². The van der Waals surface area contributed by atoms with Gasteiger partial charge in [-0.2, -0.15) is 0 Å². The number of carbonyl (C=O) groups excluding carboxylic acids is 2. The van der Waals surface area contributed by atoms with E-state index in [1.807, 2.05) is 38.1 Å². The summed E-state index contributed by atoms with van der Waals surface area (Å²) >= 11 is 0. The van der Waals surface area contributed by atoms with Crippen molar-refractivity contribution in [3.05, 3.63) is 68.8 Å². The maximum Gasteiger partial charge on any atom is 0.339 e. The van der Waals surface area contributed by atoms with Crippen LogP contribution in [0, 0.1) is 34.6 Å². The predicted octanol–water partition coefficient (Wildman–Crippen LogP) is 5.70. The monoisotopic (exact) mass is 386 g/mol. The molecule has 0 bridgehead atoms. The molecule has 2 aromatic rings. The van der Waals surface area contributed by atoms with E-state index in [1.165, 1.54) is 7.11 Å². The van der Waals surface area contributed by atoms with Crippen LogP contribution in [-0.4, -0.2) is 18.2 Å². The van der Waals surface area contributed by atoms with Crippen molar-refractivity contribution in [2.45, 2.75) is 48.0 Å². The lowest BCUT2D eigenvalue weighted by atomic mass is 9.99. The minimum atomic E-state index is -4.25. The minimum Gasteiger partial charge on any atom is -0.321 e. The number of aryl methyl sites for hydroxylation is 6. The van der Waals surface area contributed by atoms with Gasteiger partial charge >= 0.3 is 7.37 Å². The molecule has 4 nitrogen and oxygen atoms in total. The summed E-state index contributed by atoms with van der Waals surface area (Å²) in [7, 11) is -3.08. The van der Waals surface area contributed by atoms with Crippen molar-refractivity contribution in [1.82, 2.24) is 0 Å². The second-order valence-electron chi connectivity index (χ2n) is 7.08. The fourth-order valence-electron chi connectivity index (χ4n) is 3.66. The zero-order valence-electron chi connectivity index (χ0n) is 17.1. The molecule has 5 heteroatoms. The van der Waals surface area contributed by atoms with Crippen LogP contribution in [0.25, 0.3) is 0 Å². The third-order valence-electron chi connectivity index (χ3n) is 4.90. The number of carbonyl (C=O) groups is 2. The highest BCUT2D eigenvalue weighted by molar-refractivity contribution is 7.91. The molecule has 0 spiro atoms. The number of benzene rings is 2. The minimum absolute atomic E-state index is 0.305. The Bertz CT molecular complexity index is 926. The van der Waals surface area contributed by atoms with Gasteiger partial charge in [0.2, 0.25) is 0 Å². The molecule has 1 atom stereocenters. The van der Waals surface area contributed by atoms with Gasteiger partial charge in [-0.1, -0.05) is 36.8 Å². The van der Waals surface area contributed by atoms with Crippen molar-refractivity contribution >= 4 is 18.4 Å². The van der Waals surface area contributed by atoms with E-state index >= 15 is 0 Å². The Morgan fingerprint density at radius 2 is 1.19 bits per heavy atom. The average molecular weight is 386 g/mol. The highest BCUT2D eigenvalue weighted by Gasteiger charge is 2.43. The van der Waals surface area contributed by atoms with Gasteiger partial charge in [-0.15, -0.1) is 0 Å². The van der Waals surface area contributed by atoms with Crippen LogP contribution in [-0.2, 0) is 15.5 Å². The molecule has 27 heavy (non-hydrogen) atoms. The summed E-state index contributed by atoms with van der Waals surface area (Å²) in [6.07, 6.45) is 0.832. The lowest BCUT2D eigenvalue weighted by Crippen LogP contribution is -2.16. The number of rotatable bonds is 6. The molecule has 0 aliphatic heterocycles. The van der Waals surface area contributed by atoms with Crippen molar-refractivity contribution in [2.24, 2.45) is 0 Å². The Morgan fingerprint density at radius 1 is 0.815 bits per heavy atom. The largest absolute Gasteiger partial charge is 0.339 e. The van der Waals surface area contributed by atoms with Gasteiger partial charge in [0.15, 0.2) is 0 Å². The van der Waals surface area contributed by atoms with Crippen LogP contribution in [0.2, 0.25) is 0 Å². The van der Waals surface area contributed by atoms with E-state index in [4.69, 9.17) is 4.52 Å². The number of hydrogen-bond acceptors (Lipinski definition) is 4. The molecule has 0 radical (unpaired) electrons. The van der Waals surface area contributed by atoms with Gasteiger partial charge in [-0.05, 0) is 68.9 Å². The molecule has 0 aromatic heterocycles. The van der Waals surface area contributed by atoms with Gasteiger partial charge in [0, 0.05) is 18.2 Å². The molecule has 0 fully saturated rings. The SMILES string of the molecule is CCc1cc(C)c(C(=O)P(=O)(OC)C(=O)c2c(C)cc(C)cc2C)c(C)c1. The van der Waals surface area contributed by atoms with Crippen molar-refractivity contribution in [3.8, 4) is 0 Å². The molecular weight excluding hydrogens is 359 g/mol. The lowest BCUT2D eigenvalue weighted by Gasteiger charge is -2.19. The fraction of sp³-hybridized carbons (Fsp3) is 0.364. The Labute approximate surface area is 161 Å². The smallest absolute Gasteiger partial charge is 0.321 e. The first-order chi connectivity index (χ1) is 12.6. The van der Waals surface area contributed by atoms with Crippen molar-refractivity contribution in [3.63, 3.8) is 0 Å². The number of hydrogen-bond donors (Lipinski definition) is 0.